The predicted octanol–water partition coefficient (Wildman–Crippen LogP) is 3.92. The van der Waals surface area contributed by atoms with Crippen LogP contribution in [0.4, 0.5) is 4.70 Å². The van der Waals surface area contributed by atoms with Crippen molar-refractivity contribution < 1.29 is 4.70 Å². The largest absolute Gasteiger partial charge is 0.352 e. The summed E-state index contributed by atoms with van der Waals surface area (Å²) in [6.45, 7) is 5.63. The van der Waals surface area contributed by atoms with Crippen LogP contribution in [0.15, 0.2) is 18.3 Å². The smallest absolute Gasteiger partial charge is 0.0222 e. The van der Waals surface area contributed by atoms with Gasteiger partial charge < -0.3 is 4.57 Å². The molecule has 0 aliphatic rings. The maximum absolute atomic E-state index is 2.34. The summed E-state index contributed by atoms with van der Waals surface area (Å²) in [6, 6.07) is 4.30. The standard InChI is InChI=1S/C12H21N.FH/c1-3-4-5-6-7-10-13-11-8-9-12(13)2;/h8-9,11H,3-7,10H2,1-2H3;1H. The Bertz CT molecular complexity index is 230. The van der Waals surface area contributed by atoms with E-state index in [9.17, 15) is 0 Å². The van der Waals surface area contributed by atoms with Crippen LogP contribution in [0.2, 0.25) is 0 Å². The molecule has 1 aromatic heterocycles. The highest BCUT2D eigenvalue weighted by Gasteiger charge is 1.94. The monoisotopic (exact) mass is 199 g/mol. The van der Waals surface area contributed by atoms with Gasteiger partial charge in [0.1, 0.15) is 0 Å². The third-order valence-corrected chi connectivity index (χ3v) is 2.56. The number of hydrogen-bond donors (Lipinski definition) is 0. The Morgan fingerprint density at radius 3 is 2.43 bits per heavy atom. The molecule has 1 rings (SSSR count). The van der Waals surface area contributed by atoms with Crippen molar-refractivity contribution in [1.82, 2.24) is 4.57 Å². The first-order valence-electron chi connectivity index (χ1n) is 5.46. The summed E-state index contributed by atoms with van der Waals surface area (Å²) in [5, 5.41) is 0. The summed E-state index contributed by atoms with van der Waals surface area (Å²) in [7, 11) is 0. The van der Waals surface area contributed by atoms with Crippen molar-refractivity contribution in [1.29, 1.82) is 0 Å². The van der Waals surface area contributed by atoms with Gasteiger partial charge in [-0.2, -0.15) is 0 Å². The number of nitrogens with zero attached hydrogens (tertiary/aromatic N) is 1. The van der Waals surface area contributed by atoms with E-state index in [0.717, 1.165) is 0 Å². The second kappa shape index (κ2) is 7.60. The molecule has 1 aromatic rings. The van der Waals surface area contributed by atoms with E-state index in [1.807, 2.05) is 0 Å². The van der Waals surface area contributed by atoms with Crippen LogP contribution in [0.1, 0.15) is 44.7 Å². The third-order valence-electron chi connectivity index (χ3n) is 2.56. The number of aromatic nitrogens is 1. The molecule has 82 valence electrons. The average Bonchev–Trinajstić information content (AvgIpc) is 2.52. The summed E-state index contributed by atoms with van der Waals surface area (Å²) in [5.74, 6) is 0. The summed E-state index contributed by atoms with van der Waals surface area (Å²) in [6.07, 6.45) is 9.01. The maximum Gasteiger partial charge on any atom is 0.0222 e. The van der Waals surface area contributed by atoms with Crippen molar-refractivity contribution >= 4 is 0 Å². The van der Waals surface area contributed by atoms with Gasteiger partial charge in [-0.3, -0.25) is 4.70 Å². The van der Waals surface area contributed by atoms with Crippen molar-refractivity contribution in [2.45, 2.75) is 52.5 Å². The van der Waals surface area contributed by atoms with E-state index in [4.69, 9.17) is 0 Å². The zero-order valence-electron chi connectivity index (χ0n) is 9.33. The van der Waals surface area contributed by atoms with E-state index >= 15 is 0 Å². The van der Waals surface area contributed by atoms with E-state index in [1.54, 1.807) is 0 Å². The van der Waals surface area contributed by atoms with Gasteiger partial charge in [0, 0.05) is 18.4 Å². The first-order valence-corrected chi connectivity index (χ1v) is 5.46. The fourth-order valence-corrected chi connectivity index (χ4v) is 1.64. The maximum atomic E-state index is 2.34. The molecule has 0 saturated heterocycles. The number of rotatable bonds is 6. The molecule has 0 unspecified atom stereocenters. The lowest BCUT2D eigenvalue weighted by atomic mass is 10.1. The van der Waals surface area contributed by atoms with Gasteiger partial charge >= 0.3 is 0 Å². The Kier molecular flexibility index (Phi) is 7.17. The van der Waals surface area contributed by atoms with E-state index in [-0.39, 0.29) is 4.70 Å². The fourth-order valence-electron chi connectivity index (χ4n) is 1.64. The molecule has 0 aromatic carbocycles. The van der Waals surface area contributed by atoms with Crippen molar-refractivity contribution in [3.05, 3.63) is 24.0 Å². The predicted molar refractivity (Wildman–Crippen MR) is 60.4 cm³/mol. The minimum atomic E-state index is 0. The van der Waals surface area contributed by atoms with Crippen LogP contribution in [0.5, 0.6) is 0 Å². The quantitative estimate of drug-likeness (QED) is 0.612. The Morgan fingerprint density at radius 1 is 1.14 bits per heavy atom. The van der Waals surface area contributed by atoms with Crippen LogP contribution in [-0.2, 0) is 6.54 Å². The van der Waals surface area contributed by atoms with Gasteiger partial charge in [-0.25, -0.2) is 0 Å². The molecule has 2 heteroatoms. The van der Waals surface area contributed by atoms with Crippen LogP contribution in [0.3, 0.4) is 0 Å². The van der Waals surface area contributed by atoms with Crippen molar-refractivity contribution in [3.8, 4) is 0 Å². The highest BCUT2D eigenvalue weighted by molar-refractivity contribution is 5.03. The third kappa shape index (κ3) is 4.45. The van der Waals surface area contributed by atoms with Gasteiger partial charge in [-0.15, -0.1) is 0 Å². The molecular formula is C12H22FN. The SMILES string of the molecule is CCCCCCCn1cccc1C.F. The molecule has 0 aliphatic carbocycles. The highest BCUT2D eigenvalue weighted by atomic mass is 19.0. The summed E-state index contributed by atoms with van der Waals surface area (Å²) in [4.78, 5) is 0. The van der Waals surface area contributed by atoms with Crippen LogP contribution >= 0.6 is 0 Å². The molecule has 0 fully saturated rings. The first-order chi connectivity index (χ1) is 6.34. The summed E-state index contributed by atoms with van der Waals surface area (Å²) < 4.78 is 2.34. The molecule has 0 spiro atoms. The lowest BCUT2D eigenvalue weighted by Gasteiger charge is -2.05. The normalized spacial score (nSPS) is 9.86. The molecule has 1 nitrogen and oxygen atoms in total. The summed E-state index contributed by atoms with van der Waals surface area (Å²) in [5.41, 5.74) is 1.38. The Labute approximate surface area is 86.5 Å². The molecule has 0 amide bonds. The van der Waals surface area contributed by atoms with Crippen molar-refractivity contribution in [3.63, 3.8) is 0 Å². The number of aryl methyl sites for hydroxylation is 2. The number of halogens is 1. The molecular weight excluding hydrogens is 177 g/mol. The van der Waals surface area contributed by atoms with E-state index in [0.29, 0.717) is 0 Å². The molecule has 0 N–H and O–H groups in total. The van der Waals surface area contributed by atoms with Crippen molar-refractivity contribution in [2.24, 2.45) is 0 Å². The fraction of sp³-hybridized carbons (Fsp3) is 0.667. The van der Waals surface area contributed by atoms with Crippen LogP contribution in [0.25, 0.3) is 0 Å². The molecule has 14 heavy (non-hydrogen) atoms. The highest BCUT2D eigenvalue weighted by Crippen LogP contribution is 2.06. The van der Waals surface area contributed by atoms with Crippen LogP contribution in [0, 0.1) is 6.92 Å². The van der Waals surface area contributed by atoms with E-state index in [2.05, 4.69) is 36.7 Å². The lowest BCUT2D eigenvalue weighted by molar-refractivity contribution is 0.563. The second-order valence-electron chi connectivity index (χ2n) is 3.76. The zero-order chi connectivity index (χ0) is 9.52. The Balaban J connectivity index is 0.00000169. The van der Waals surface area contributed by atoms with Crippen LogP contribution < -0.4 is 0 Å². The number of hydrogen-bond acceptors (Lipinski definition) is 0. The van der Waals surface area contributed by atoms with Crippen molar-refractivity contribution in [2.75, 3.05) is 0 Å². The molecule has 0 radical (unpaired) electrons. The average molecular weight is 199 g/mol. The molecule has 0 atom stereocenters. The zero-order valence-corrected chi connectivity index (χ0v) is 9.33. The minimum Gasteiger partial charge on any atom is -0.352 e. The summed E-state index contributed by atoms with van der Waals surface area (Å²) >= 11 is 0. The molecule has 1 heterocycles. The first kappa shape index (κ1) is 13.2. The van der Waals surface area contributed by atoms with Gasteiger partial charge in [0.05, 0.1) is 0 Å². The topological polar surface area (TPSA) is 4.93 Å². The Hall–Kier alpha value is -0.790. The Morgan fingerprint density at radius 2 is 1.86 bits per heavy atom. The van der Waals surface area contributed by atoms with Gasteiger partial charge in [0.2, 0.25) is 0 Å². The minimum absolute atomic E-state index is 0. The van der Waals surface area contributed by atoms with Crippen LogP contribution in [-0.4, -0.2) is 4.57 Å². The second-order valence-corrected chi connectivity index (χ2v) is 3.76. The lowest BCUT2D eigenvalue weighted by Crippen LogP contribution is -1.97. The number of unbranched alkanes of at least 4 members (excludes halogenated alkanes) is 4. The van der Waals surface area contributed by atoms with E-state index < -0.39 is 0 Å². The molecule has 0 bridgehead atoms. The molecule has 0 aliphatic heterocycles. The van der Waals surface area contributed by atoms with Gasteiger partial charge in [0.15, 0.2) is 0 Å². The van der Waals surface area contributed by atoms with Gasteiger partial charge in [-0.05, 0) is 25.5 Å². The van der Waals surface area contributed by atoms with E-state index in [1.165, 1.54) is 44.3 Å². The molecule has 0 saturated carbocycles. The van der Waals surface area contributed by atoms with Gasteiger partial charge in [-0.1, -0.05) is 32.6 Å². The van der Waals surface area contributed by atoms with Gasteiger partial charge in [0.25, 0.3) is 0 Å².